The molecule has 2 N–H and O–H groups in total. The first kappa shape index (κ1) is 16.4. The van der Waals surface area contributed by atoms with E-state index in [0.717, 1.165) is 35.5 Å². The Labute approximate surface area is 140 Å². The minimum atomic E-state index is -0.127. The van der Waals surface area contributed by atoms with Crippen LogP contribution in [0.25, 0.3) is 0 Å². The molecule has 0 unspecified atom stereocenters. The van der Waals surface area contributed by atoms with Crippen molar-refractivity contribution in [2.75, 3.05) is 6.54 Å². The average Bonchev–Trinajstić information content (AvgIpc) is 3.35. The van der Waals surface area contributed by atoms with Gasteiger partial charge in [-0.2, -0.15) is 10.2 Å². The summed E-state index contributed by atoms with van der Waals surface area (Å²) in [5.41, 5.74) is 3.89. The first-order chi connectivity index (χ1) is 11.5. The van der Waals surface area contributed by atoms with Crippen LogP contribution in [0.15, 0.2) is 16.9 Å². The lowest BCUT2D eigenvalue weighted by Crippen LogP contribution is -2.32. The molecule has 7 nitrogen and oxygen atoms in total. The van der Waals surface area contributed by atoms with Crippen LogP contribution < -0.4 is 10.9 Å². The smallest absolute Gasteiger partial charge is 0.266 e. The van der Waals surface area contributed by atoms with Gasteiger partial charge in [-0.15, -0.1) is 0 Å². The molecule has 0 spiro atoms. The lowest BCUT2D eigenvalue weighted by Gasteiger charge is -2.08. The first-order valence-electron chi connectivity index (χ1n) is 8.40. The third kappa shape index (κ3) is 3.90. The lowest BCUT2D eigenvalue weighted by molar-refractivity contribution is -0.121. The minimum absolute atomic E-state index is 0.0265. The Morgan fingerprint density at radius 1 is 1.38 bits per heavy atom. The highest BCUT2D eigenvalue weighted by molar-refractivity contribution is 5.76. The number of aromatic nitrogens is 4. The molecule has 24 heavy (non-hydrogen) atoms. The molecule has 3 rings (SSSR count). The molecule has 0 atom stereocenters. The van der Waals surface area contributed by atoms with Crippen LogP contribution in [0.5, 0.6) is 0 Å². The lowest BCUT2D eigenvalue weighted by atomic mass is 10.1. The van der Waals surface area contributed by atoms with Crippen molar-refractivity contribution >= 4 is 5.91 Å². The van der Waals surface area contributed by atoms with Crippen LogP contribution in [0.1, 0.15) is 47.8 Å². The van der Waals surface area contributed by atoms with Crippen LogP contribution in [0.2, 0.25) is 0 Å². The third-order valence-electron chi connectivity index (χ3n) is 4.41. The van der Waals surface area contributed by atoms with Crippen LogP contribution >= 0.6 is 0 Å². The molecule has 128 valence electrons. The Balaban J connectivity index is 1.47. The number of nitrogens with one attached hydrogen (secondary N) is 2. The van der Waals surface area contributed by atoms with Crippen molar-refractivity contribution in [2.45, 2.75) is 52.0 Å². The number of carbonyl (C=O) groups excluding carboxylic acids is 1. The van der Waals surface area contributed by atoms with Crippen molar-refractivity contribution in [3.05, 3.63) is 45.1 Å². The van der Waals surface area contributed by atoms with E-state index in [1.54, 1.807) is 6.07 Å². The van der Waals surface area contributed by atoms with Gasteiger partial charge in [-0.3, -0.25) is 14.7 Å². The number of aryl methyl sites for hydroxylation is 2. The number of hydrogen-bond donors (Lipinski definition) is 2. The topological polar surface area (TPSA) is 92.7 Å². The molecule has 0 radical (unpaired) electrons. The van der Waals surface area contributed by atoms with E-state index in [-0.39, 0.29) is 11.5 Å². The summed E-state index contributed by atoms with van der Waals surface area (Å²) in [5.74, 6) is 0.481. The number of amides is 1. The molecular formula is C17H23N5O2. The monoisotopic (exact) mass is 329 g/mol. The molecule has 0 saturated heterocycles. The van der Waals surface area contributed by atoms with Gasteiger partial charge in [0, 0.05) is 30.6 Å². The normalized spacial score (nSPS) is 13.9. The van der Waals surface area contributed by atoms with Crippen molar-refractivity contribution < 1.29 is 4.79 Å². The number of hydrogen-bond acceptors (Lipinski definition) is 4. The molecule has 1 fully saturated rings. The molecule has 0 aromatic carbocycles. The second-order valence-corrected chi connectivity index (χ2v) is 6.36. The van der Waals surface area contributed by atoms with Gasteiger partial charge in [-0.05, 0) is 44.7 Å². The predicted octanol–water partition coefficient (Wildman–Crippen LogP) is 1.21. The minimum Gasteiger partial charge on any atom is -0.354 e. The second-order valence-electron chi connectivity index (χ2n) is 6.36. The molecule has 0 aliphatic heterocycles. The van der Waals surface area contributed by atoms with Gasteiger partial charge in [0.2, 0.25) is 5.91 Å². The van der Waals surface area contributed by atoms with Gasteiger partial charge in [0.15, 0.2) is 0 Å². The number of rotatable bonds is 7. The Hall–Kier alpha value is -2.44. The highest BCUT2D eigenvalue weighted by atomic mass is 16.1. The van der Waals surface area contributed by atoms with Gasteiger partial charge in [0.05, 0.1) is 17.9 Å². The SMILES string of the molecule is Cc1n[nH]c(C)c1CCC(=O)NCCn1nc(C2CC2)ccc1=O. The summed E-state index contributed by atoms with van der Waals surface area (Å²) in [7, 11) is 0. The zero-order valence-electron chi connectivity index (χ0n) is 14.1. The zero-order chi connectivity index (χ0) is 17.1. The highest BCUT2D eigenvalue weighted by Gasteiger charge is 2.25. The maximum Gasteiger partial charge on any atom is 0.266 e. The van der Waals surface area contributed by atoms with Crippen molar-refractivity contribution in [3.8, 4) is 0 Å². The van der Waals surface area contributed by atoms with E-state index in [0.29, 0.717) is 31.8 Å². The Morgan fingerprint density at radius 3 is 2.83 bits per heavy atom. The van der Waals surface area contributed by atoms with Crippen molar-refractivity contribution in [3.63, 3.8) is 0 Å². The summed E-state index contributed by atoms with van der Waals surface area (Å²) < 4.78 is 1.44. The average molecular weight is 329 g/mol. The summed E-state index contributed by atoms with van der Waals surface area (Å²) in [5, 5.41) is 14.3. The number of H-pyrrole nitrogens is 1. The maximum absolute atomic E-state index is 12.0. The third-order valence-corrected chi connectivity index (χ3v) is 4.41. The Bertz CT molecular complexity index is 769. The quantitative estimate of drug-likeness (QED) is 0.798. The molecule has 7 heteroatoms. The van der Waals surface area contributed by atoms with E-state index in [9.17, 15) is 9.59 Å². The number of carbonyl (C=O) groups is 1. The molecule has 1 aliphatic rings. The van der Waals surface area contributed by atoms with Crippen molar-refractivity contribution in [1.29, 1.82) is 0 Å². The predicted molar refractivity (Wildman–Crippen MR) is 89.9 cm³/mol. The van der Waals surface area contributed by atoms with Crippen LogP contribution in [-0.4, -0.2) is 32.4 Å². The molecule has 2 heterocycles. The Morgan fingerprint density at radius 2 is 2.17 bits per heavy atom. The van der Waals surface area contributed by atoms with Gasteiger partial charge in [0.1, 0.15) is 0 Å². The highest BCUT2D eigenvalue weighted by Crippen LogP contribution is 2.38. The molecular weight excluding hydrogens is 306 g/mol. The van der Waals surface area contributed by atoms with E-state index in [1.807, 2.05) is 19.9 Å². The second kappa shape index (κ2) is 6.98. The fourth-order valence-electron chi connectivity index (χ4n) is 2.79. The van der Waals surface area contributed by atoms with E-state index < -0.39 is 0 Å². The first-order valence-corrected chi connectivity index (χ1v) is 8.40. The number of nitrogens with zero attached hydrogens (tertiary/aromatic N) is 3. The van der Waals surface area contributed by atoms with Gasteiger partial charge in [0.25, 0.3) is 5.56 Å². The maximum atomic E-state index is 12.0. The van der Waals surface area contributed by atoms with Crippen molar-refractivity contribution in [1.82, 2.24) is 25.3 Å². The van der Waals surface area contributed by atoms with Crippen LogP contribution in [0.4, 0.5) is 0 Å². The summed E-state index contributed by atoms with van der Waals surface area (Å²) >= 11 is 0. The van der Waals surface area contributed by atoms with E-state index >= 15 is 0 Å². The molecule has 1 saturated carbocycles. The summed E-state index contributed by atoms with van der Waals surface area (Å²) in [6.45, 7) is 4.69. The van der Waals surface area contributed by atoms with Crippen LogP contribution in [-0.2, 0) is 17.8 Å². The van der Waals surface area contributed by atoms with Crippen LogP contribution in [0.3, 0.4) is 0 Å². The summed E-state index contributed by atoms with van der Waals surface area (Å²) in [6.07, 6.45) is 3.37. The fourth-order valence-corrected chi connectivity index (χ4v) is 2.79. The van der Waals surface area contributed by atoms with Gasteiger partial charge in [-0.1, -0.05) is 0 Å². The fraction of sp³-hybridized carbons (Fsp3) is 0.529. The van der Waals surface area contributed by atoms with E-state index in [4.69, 9.17) is 0 Å². The van der Waals surface area contributed by atoms with Gasteiger partial charge >= 0.3 is 0 Å². The molecule has 1 aliphatic carbocycles. The van der Waals surface area contributed by atoms with Gasteiger partial charge in [-0.25, -0.2) is 4.68 Å². The molecule has 1 amide bonds. The van der Waals surface area contributed by atoms with E-state index in [2.05, 4.69) is 20.6 Å². The molecule has 2 aromatic rings. The molecule has 2 aromatic heterocycles. The largest absolute Gasteiger partial charge is 0.354 e. The Kier molecular flexibility index (Phi) is 4.78. The van der Waals surface area contributed by atoms with E-state index in [1.165, 1.54) is 4.68 Å². The van der Waals surface area contributed by atoms with Crippen LogP contribution in [0, 0.1) is 13.8 Å². The summed E-state index contributed by atoms with van der Waals surface area (Å²) in [4.78, 5) is 23.8. The standard InChI is InChI=1S/C17H23N5O2/c1-11-14(12(2)20-19-11)5-7-16(23)18-9-10-22-17(24)8-6-15(21-22)13-3-4-13/h6,8,13H,3-5,7,9-10H2,1-2H3,(H,18,23)(H,19,20). The summed E-state index contributed by atoms with van der Waals surface area (Å²) in [6, 6.07) is 3.37. The van der Waals surface area contributed by atoms with Gasteiger partial charge < -0.3 is 5.32 Å². The zero-order valence-corrected chi connectivity index (χ0v) is 14.1. The number of aromatic amines is 1. The molecule has 0 bridgehead atoms. The van der Waals surface area contributed by atoms with Crippen molar-refractivity contribution in [2.24, 2.45) is 0 Å².